The molecule has 1 aliphatic rings. The summed E-state index contributed by atoms with van der Waals surface area (Å²) in [5, 5.41) is 13.9. The first kappa shape index (κ1) is 26.5. The second kappa shape index (κ2) is 10.7. The highest BCUT2D eigenvalue weighted by Gasteiger charge is 2.35. The van der Waals surface area contributed by atoms with E-state index in [4.69, 9.17) is 5.73 Å². The van der Waals surface area contributed by atoms with E-state index in [2.05, 4.69) is 60.0 Å². The molecule has 0 bridgehead atoms. The van der Waals surface area contributed by atoms with Gasteiger partial charge in [0.2, 0.25) is 0 Å². The van der Waals surface area contributed by atoms with E-state index in [0.717, 1.165) is 60.0 Å². The van der Waals surface area contributed by atoms with Crippen LogP contribution in [0.25, 0.3) is 0 Å². The van der Waals surface area contributed by atoms with Crippen LogP contribution in [0.1, 0.15) is 103 Å². The topological polar surface area (TPSA) is 64.8 Å². The summed E-state index contributed by atoms with van der Waals surface area (Å²) in [6, 6.07) is 10.3. The quantitative estimate of drug-likeness (QED) is 0.336. The molecule has 5 nitrogen and oxygen atoms in total. The minimum Gasteiger partial charge on any atom is -0.326 e. The molecule has 0 saturated carbocycles. The fraction of sp³-hybridized carbons (Fsp3) is 0.586. The van der Waals surface area contributed by atoms with Crippen LogP contribution >= 0.6 is 0 Å². The summed E-state index contributed by atoms with van der Waals surface area (Å²) >= 11 is 0. The Kier molecular flexibility index (Phi) is 8.33. The molecule has 0 spiro atoms. The molecule has 34 heavy (non-hydrogen) atoms. The predicted molar refractivity (Wildman–Crippen MR) is 144 cm³/mol. The van der Waals surface area contributed by atoms with Gasteiger partial charge in [-0.15, -0.1) is 0 Å². The number of anilines is 3. The largest absolute Gasteiger partial charge is 0.326 e. The third-order valence-corrected chi connectivity index (χ3v) is 6.88. The summed E-state index contributed by atoms with van der Waals surface area (Å²) in [7, 11) is 0. The second-order valence-corrected chi connectivity index (χ2v) is 11.6. The number of hydrogen-bond acceptors (Lipinski definition) is 5. The Bertz CT molecular complexity index is 977. The highest BCUT2D eigenvalue weighted by Crippen LogP contribution is 2.46. The van der Waals surface area contributed by atoms with Crippen LogP contribution in [0, 0.1) is 5.41 Å². The maximum atomic E-state index is 10.9. The van der Waals surface area contributed by atoms with E-state index in [1.807, 2.05) is 29.3 Å². The zero-order valence-corrected chi connectivity index (χ0v) is 22.5. The molecule has 188 valence electrons. The maximum absolute atomic E-state index is 10.9. The highest BCUT2D eigenvalue weighted by atomic mass is 16.6. The fourth-order valence-electron chi connectivity index (χ4n) is 5.79. The molecule has 0 atom stereocenters. The highest BCUT2D eigenvalue weighted by molar-refractivity contribution is 5.81. The number of benzene rings is 2. The lowest BCUT2D eigenvalue weighted by Crippen LogP contribution is -2.37. The lowest BCUT2D eigenvalue weighted by Gasteiger charge is -2.37. The summed E-state index contributed by atoms with van der Waals surface area (Å²) in [4.78, 5) is 0. The minimum atomic E-state index is -0.0167. The Balaban J connectivity index is 2.31. The van der Waals surface area contributed by atoms with Crippen LogP contribution in [0.5, 0.6) is 0 Å². The van der Waals surface area contributed by atoms with Gasteiger partial charge in [0.1, 0.15) is 0 Å². The van der Waals surface area contributed by atoms with Gasteiger partial charge in [0.05, 0.1) is 17.1 Å². The van der Waals surface area contributed by atoms with Gasteiger partial charge in [0.15, 0.2) is 0 Å². The van der Waals surface area contributed by atoms with Gasteiger partial charge in [-0.1, -0.05) is 73.4 Å². The third kappa shape index (κ3) is 5.59. The van der Waals surface area contributed by atoms with E-state index in [9.17, 15) is 5.21 Å². The molecule has 3 rings (SSSR count). The summed E-state index contributed by atoms with van der Waals surface area (Å²) < 4.78 is 0. The van der Waals surface area contributed by atoms with Crippen LogP contribution in [0.3, 0.4) is 0 Å². The first-order valence-corrected chi connectivity index (χ1v) is 13.1. The SMILES string of the molecule is CCCCc1c(C(C)(C)CC(C)(C)C)cc(N2c3ccccc3NN2O)c(CN)c1CCCC. The molecule has 0 saturated heterocycles. The van der Waals surface area contributed by atoms with Crippen LogP contribution in [0.4, 0.5) is 17.1 Å². The van der Waals surface area contributed by atoms with Crippen molar-refractivity contribution in [3.05, 3.63) is 52.6 Å². The van der Waals surface area contributed by atoms with Crippen LogP contribution in [0.2, 0.25) is 0 Å². The Labute approximate surface area is 207 Å². The Morgan fingerprint density at radius 1 is 0.882 bits per heavy atom. The lowest BCUT2D eigenvalue weighted by atomic mass is 9.69. The monoisotopic (exact) mass is 466 g/mol. The Hall–Kier alpha value is -2.08. The number of para-hydroxylation sites is 2. The predicted octanol–water partition coefficient (Wildman–Crippen LogP) is 7.63. The molecular weight excluding hydrogens is 420 g/mol. The number of hydrazine groups is 2. The van der Waals surface area contributed by atoms with E-state index >= 15 is 0 Å². The first-order valence-electron chi connectivity index (χ1n) is 13.1. The van der Waals surface area contributed by atoms with Crippen molar-refractivity contribution in [3.63, 3.8) is 0 Å². The summed E-state index contributed by atoms with van der Waals surface area (Å²) in [6.45, 7) is 16.7. The molecule has 0 unspecified atom stereocenters. The molecule has 0 radical (unpaired) electrons. The van der Waals surface area contributed by atoms with Gasteiger partial charge in [-0.25, -0.2) is 5.01 Å². The van der Waals surface area contributed by atoms with Crippen molar-refractivity contribution in [1.29, 1.82) is 0 Å². The molecule has 2 aromatic carbocycles. The molecule has 5 heteroatoms. The zero-order valence-electron chi connectivity index (χ0n) is 22.5. The number of unbranched alkanes of at least 4 members (excludes halogenated alkanes) is 2. The third-order valence-electron chi connectivity index (χ3n) is 6.88. The molecule has 4 N–H and O–H groups in total. The molecule has 2 aromatic rings. The average Bonchev–Trinajstić information content (AvgIpc) is 3.09. The van der Waals surface area contributed by atoms with Crippen molar-refractivity contribution in [2.45, 2.75) is 105 Å². The number of nitrogens with two attached hydrogens (primary N) is 1. The molecule has 1 aliphatic heterocycles. The van der Waals surface area contributed by atoms with Crippen molar-refractivity contribution in [3.8, 4) is 0 Å². The van der Waals surface area contributed by atoms with Gasteiger partial charge in [-0.05, 0) is 83.4 Å². The first-order chi connectivity index (χ1) is 16.0. The second-order valence-electron chi connectivity index (χ2n) is 11.6. The standard InChI is InChI=1S/C29H46N4O/c1-8-10-14-21-22(15-11-9-2)24(29(6,7)20-28(3,4)5)18-27(23(21)19-30)32-26-17-13-12-16-25(26)31-33(32)34/h12-13,16-18,31,34H,8-11,14-15,19-20,30H2,1-7H3. The Morgan fingerprint density at radius 2 is 1.50 bits per heavy atom. The van der Waals surface area contributed by atoms with E-state index in [1.54, 1.807) is 0 Å². The van der Waals surface area contributed by atoms with Gasteiger partial charge in [-0.2, -0.15) is 0 Å². The van der Waals surface area contributed by atoms with E-state index < -0.39 is 0 Å². The number of fused-ring (bicyclic) bond motifs is 1. The fourth-order valence-corrected chi connectivity index (χ4v) is 5.79. The number of nitrogens with zero attached hydrogens (tertiary/aromatic N) is 2. The van der Waals surface area contributed by atoms with Crippen LogP contribution in [-0.2, 0) is 24.8 Å². The minimum absolute atomic E-state index is 0.0167. The number of rotatable bonds is 10. The lowest BCUT2D eigenvalue weighted by molar-refractivity contribution is -0.0597. The van der Waals surface area contributed by atoms with Crippen LogP contribution in [0.15, 0.2) is 30.3 Å². The number of nitrogens with one attached hydrogen (secondary N) is 1. The van der Waals surface area contributed by atoms with Crippen molar-refractivity contribution < 1.29 is 5.21 Å². The van der Waals surface area contributed by atoms with Gasteiger partial charge >= 0.3 is 0 Å². The van der Waals surface area contributed by atoms with Crippen molar-refractivity contribution in [2.75, 3.05) is 10.4 Å². The van der Waals surface area contributed by atoms with E-state index in [1.165, 1.54) is 29.5 Å². The molecule has 0 aromatic heterocycles. The molecule has 1 heterocycles. The zero-order chi connectivity index (χ0) is 25.1. The van der Waals surface area contributed by atoms with Crippen LogP contribution < -0.4 is 16.2 Å². The Morgan fingerprint density at radius 3 is 2.09 bits per heavy atom. The normalized spacial score (nSPS) is 14.4. The average molecular weight is 467 g/mol. The summed E-state index contributed by atoms with van der Waals surface area (Å²) in [6.07, 6.45) is 7.77. The van der Waals surface area contributed by atoms with Gasteiger partial charge in [-0.3, -0.25) is 10.6 Å². The smallest absolute Gasteiger partial charge is 0.0868 e. The van der Waals surface area contributed by atoms with Gasteiger partial charge in [0.25, 0.3) is 0 Å². The van der Waals surface area contributed by atoms with Crippen molar-refractivity contribution in [2.24, 2.45) is 11.1 Å². The van der Waals surface area contributed by atoms with E-state index in [0.29, 0.717) is 6.54 Å². The molecular formula is C29H46N4O. The molecule has 0 amide bonds. The summed E-state index contributed by atoms with van der Waals surface area (Å²) in [5.41, 5.74) is 17.9. The number of hydrogen-bond donors (Lipinski definition) is 3. The van der Waals surface area contributed by atoms with Crippen molar-refractivity contribution in [1.82, 2.24) is 5.28 Å². The van der Waals surface area contributed by atoms with Crippen LogP contribution in [-0.4, -0.2) is 10.5 Å². The maximum Gasteiger partial charge on any atom is 0.0868 e. The van der Waals surface area contributed by atoms with Crippen molar-refractivity contribution >= 4 is 17.1 Å². The van der Waals surface area contributed by atoms with E-state index in [-0.39, 0.29) is 10.8 Å². The molecule has 0 aliphatic carbocycles. The summed E-state index contributed by atoms with van der Waals surface area (Å²) in [5.74, 6) is 0. The van der Waals surface area contributed by atoms with Gasteiger partial charge in [0, 0.05) is 11.8 Å². The van der Waals surface area contributed by atoms with Gasteiger partial charge < -0.3 is 5.73 Å². The molecule has 0 fully saturated rings.